The van der Waals surface area contributed by atoms with E-state index in [1.165, 1.54) is 28.3 Å². The summed E-state index contributed by atoms with van der Waals surface area (Å²) in [6.07, 6.45) is -0.550. The fraction of sp³-hybridized carbons (Fsp3) is 0.512. The number of hydrogen-bond acceptors (Lipinski definition) is 10. The summed E-state index contributed by atoms with van der Waals surface area (Å²) in [7, 11) is 0. The van der Waals surface area contributed by atoms with E-state index < -0.39 is 73.0 Å². The number of carbonyl (C=O) groups excluding carboxylic acids is 4. The first-order valence-electron chi connectivity index (χ1n) is 17.9. The van der Waals surface area contributed by atoms with Gasteiger partial charge in [0.1, 0.15) is 6.61 Å². The van der Waals surface area contributed by atoms with Crippen LogP contribution in [0.15, 0.2) is 60.2 Å². The van der Waals surface area contributed by atoms with Crippen LogP contribution in [-0.4, -0.2) is 67.5 Å². The Labute approximate surface area is 301 Å². The number of hydrogen-bond donors (Lipinski definition) is 1. The van der Waals surface area contributed by atoms with Crippen LogP contribution in [-0.2, 0) is 55.8 Å². The Morgan fingerprint density at radius 3 is 2.04 bits per heavy atom. The monoisotopic (exact) mass is 703 g/mol. The van der Waals surface area contributed by atoms with E-state index in [1.54, 1.807) is 54.5 Å². The number of esters is 3. The molecule has 0 unspecified atom stereocenters. The van der Waals surface area contributed by atoms with Crippen molar-refractivity contribution in [1.82, 2.24) is 5.32 Å². The van der Waals surface area contributed by atoms with Crippen LogP contribution in [0.4, 0.5) is 0 Å². The van der Waals surface area contributed by atoms with Gasteiger partial charge in [-0.15, -0.1) is 0 Å². The molecule has 1 heterocycles. The number of rotatable bonds is 16. The quantitative estimate of drug-likeness (QED) is 0.0929. The second kappa shape index (κ2) is 18.4. The normalized spacial score (nSPS) is 21.7. The number of benzene rings is 2. The van der Waals surface area contributed by atoms with Gasteiger partial charge < -0.3 is 29.0 Å². The second-order valence-electron chi connectivity index (χ2n) is 14.3. The summed E-state index contributed by atoms with van der Waals surface area (Å²) < 4.78 is 29.1. The molecule has 1 aliphatic heterocycles. The van der Waals surface area contributed by atoms with Gasteiger partial charge in [-0.3, -0.25) is 19.2 Å². The molecule has 5 atom stereocenters. The van der Waals surface area contributed by atoms with Crippen molar-refractivity contribution in [2.45, 2.75) is 105 Å². The summed E-state index contributed by atoms with van der Waals surface area (Å²) in [5.41, 5.74) is 7.64. The molecule has 1 saturated heterocycles. The number of nitrogens with one attached hydrogen (secondary N) is 1. The van der Waals surface area contributed by atoms with Crippen LogP contribution in [0.2, 0.25) is 0 Å². The first kappa shape index (κ1) is 39.7. The van der Waals surface area contributed by atoms with Gasteiger partial charge in [0.15, 0.2) is 30.4 Å². The van der Waals surface area contributed by atoms with Crippen molar-refractivity contribution >= 4 is 35.3 Å². The van der Waals surface area contributed by atoms with Crippen LogP contribution < -0.4 is 5.32 Å². The van der Waals surface area contributed by atoms with Gasteiger partial charge in [-0.1, -0.05) is 102 Å². The standard InChI is InChI=1S/C41H53NO9/c1-24(2)38(44)49-35-28(8)48-41(37(51-40(46)26(5)6)36(35)50-39(45)25(3)4)47-23-32(43)18-17-29-13-15-30(16-14-29)22-42-20-19-33-27(7)21-31-11-9-10-12-34(31)33/h9-18,24-26,28,35-37,41-42H,19-23H2,1-8H3/b18-17+/t28-,35+,36+,37-,41+/m0/s1. The topological polar surface area (TPSA) is 126 Å². The zero-order valence-corrected chi connectivity index (χ0v) is 31.1. The van der Waals surface area contributed by atoms with Crippen LogP contribution in [0.5, 0.6) is 0 Å². The predicted octanol–water partition coefficient (Wildman–Crippen LogP) is 6.24. The van der Waals surface area contributed by atoms with E-state index in [4.69, 9.17) is 23.7 Å². The largest absolute Gasteiger partial charge is 0.455 e. The Kier molecular flexibility index (Phi) is 14.3. The van der Waals surface area contributed by atoms with E-state index in [0.29, 0.717) is 0 Å². The minimum atomic E-state index is -1.29. The minimum absolute atomic E-state index is 0.354. The highest BCUT2D eigenvalue weighted by Crippen LogP contribution is 2.34. The van der Waals surface area contributed by atoms with E-state index in [-0.39, 0.29) is 5.78 Å². The molecule has 51 heavy (non-hydrogen) atoms. The molecule has 2 aliphatic rings. The molecule has 0 spiro atoms. The Balaban J connectivity index is 1.34. The van der Waals surface area contributed by atoms with Crippen LogP contribution in [0, 0.1) is 17.8 Å². The molecule has 0 amide bonds. The van der Waals surface area contributed by atoms with Gasteiger partial charge in [0.25, 0.3) is 0 Å². The van der Waals surface area contributed by atoms with E-state index in [9.17, 15) is 19.2 Å². The average molecular weight is 704 g/mol. The van der Waals surface area contributed by atoms with Gasteiger partial charge in [0, 0.05) is 6.54 Å². The lowest BCUT2D eigenvalue weighted by molar-refractivity contribution is -0.301. The molecule has 2 aromatic rings. The molecule has 0 aromatic heterocycles. The minimum Gasteiger partial charge on any atom is -0.455 e. The molecule has 1 N–H and O–H groups in total. The fourth-order valence-corrected chi connectivity index (χ4v) is 5.87. The molecule has 2 aromatic carbocycles. The molecule has 10 heteroatoms. The molecule has 1 fully saturated rings. The molecule has 0 radical (unpaired) electrons. The smallest absolute Gasteiger partial charge is 0.308 e. The Hall–Kier alpha value is -4.12. The molecular weight excluding hydrogens is 650 g/mol. The molecular formula is C41H53NO9. The van der Waals surface area contributed by atoms with E-state index in [0.717, 1.165) is 37.1 Å². The Morgan fingerprint density at radius 1 is 0.824 bits per heavy atom. The summed E-state index contributed by atoms with van der Waals surface area (Å²) in [6, 6.07) is 16.6. The van der Waals surface area contributed by atoms with Crippen molar-refractivity contribution in [2.24, 2.45) is 17.8 Å². The average Bonchev–Trinajstić information content (AvgIpc) is 3.42. The van der Waals surface area contributed by atoms with Gasteiger partial charge in [-0.2, -0.15) is 0 Å². The summed E-state index contributed by atoms with van der Waals surface area (Å²) in [4.78, 5) is 51.1. The highest BCUT2D eigenvalue weighted by molar-refractivity contribution is 5.94. The van der Waals surface area contributed by atoms with Crippen molar-refractivity contribution in [2.75, 3.05) is 13.2 Å². The van der Waals surface area contributed by atoms with Crippen molar-refractivity contribution in [3.05, 3.63) is 82.4 Å². The van der Waals surface area contributed by atoms with Crippen molar-refractivity contribution < 1.29 is 42.9 Å². The SMILES string of the molecule is CC1=C(CCNCc2ccc(/C=C/C(=O)CO[C@@H]3O[C@@H](C)[C@@H](OC(=O)C(C)C)[C@@H](OC(=O)C(C)C)[C@@H]3OC(=O)C(C)C)cc2)c2ccccc2C1. The predicted molar refractivity (Wildman–Crippen MR) is 194 cm³/mol. The molecule has 1 aliphatic carbocycles. The third-order valence-corrected chi connectivity index (χ3v) is 8.92. The third-order valence-electron chi connectivity index (χ3n) is 8.92. The van der Waals surface area contributed by atoms with Crippen LogP contribution in [0.3, 0.4) is 0 Å². The number of ether oxygens (including phenoxy) is 5. The molecule has 276 valence electrons. The van der Waals surface area contributed by atoms with Crippen LogP contribution in [0.25, 0.3) is 11.6 Å². The summed E-state index contributed by atoms with van der Waals surface area (Å²) in [5.74, 6) is -3.55. The lowest BCUT2D eigenvalue weighted by atomic mass is 9.98. The number of allylic oxidation sites excluding steroid dienone is 1. The zero-order valence-electron chi connectivity index (χ0n) is 31.1. The third kappa shape index (κ3) is 10.9. The second-order valence-corrected chi connectivity index (χ2v) is 14.3. The van der Waals surface area contributed by atoms with Crippen LogP contribution in [0.1, 0.15) is 84.1 Å². The molecule has 0 bridgehead atoms. The number of carbonyl (C=O) groups is 4. The van der Waals surface area contributed by atoms with Crippen molar-refractivity contribution in [3.63, 3.8) is 0 Å². The highest BCUT2D eigenvalue weighted by Gasteiger charge is 2.52. The first-order chi connectivity index (χ1) is 24.2. The Bertz CT molecular complexity index is 1590. The van der Waals surface area contributed by atoms with E-state index >= 15 is 0 Å². The summed E-state index contributed by atoms with van der Waals surface area (Å²) in [5, 5.41) is 3.54. The van der Waals surface area contributed by atoms with Gasteiger partial charge in [-0.25, -0.2) is 0 Å². The summed E-state index contributed by atoms with van der Waals surface area (Å²) >= 11 is 0. The maximum atomic E-state index is 12.9. The maximum absolute atomic E-state index is 12.9. The van der Waals surface area contributed by atoms with Crippen LogP contribution >= 0.6 is 0 Å². The van der Waals surface area contributed by atoms with Gasteiger partial charge >= 0.3 is 17.9 Å². The molecule has 0 saturated carbocycles. The van der Waals surface area contributed by atoms with Gasteiger partial charge in [0.2, 0.25) is 0 Å². The first-order valence-corrected chi connectivity index (χ1v) is 17.9. The van der Waals surface area contributed by atoms with Crippen molar-refractivity contribution in [1.29, 1.82) is 0 Å². The van der Waals surface area contributed by atoms with Gasteiger partial charge in [-0.05, 0) is 67.1 Å². The lowest BCUT2D eigenvalue weighted by Gasteiger charge is -2.44. The Morgan fingerprint density at radius 2 is 1.41 bits per heavy atom. The number of ketones is 1. The highest BCUT2D eigenvalue weighted by atomic mass is 16.7. The van der Waals surface area contributed by atoms with E-state index in [2.05, 4.69) is 36.5 Å². The number of fused-ring (bicyclic) bond motifs is 1. The summed E-state index contributed by atoms with van der Waals surface area (Å²) in [6.45, 7) is 15.1. The maximum Gasteiger partial charge on any atom is 0.308 e. The van der Waals surface area contributed by atoms with Gasteiger partial charge in [0.05, 0.1) is 23.9 Å². The lowest BCUT2D eigenvalue weighted by Crippen LogP contribution is -2.62. The molecule has 4 rings (SSSR count). The van der Waals surface area contributed by atoms with Crippen molar-refractivity contribution in [3.8, 4) is 0 Å². The fourth-order valence-electron chi connectivity index (χ4n) is 5.87. The zero-order chi connectivity index (χ0) is 37.2. The molecule has 10 nitrogen and oxygen atoms in total. The van der Waals surface area contributed by atoms with E-state index in [1.807, 2.05) is 24.3 Å².